The first-order valence-electron chi connectivity index (χ1n) is 6.04. The summed E-state index contributed by atoms with van der Waals surface area (Å²) in [7, 11) is -3.76. The molecule has 2 aromatic heterocycles. The van der Waals surface area contributed by atoms with Gasteiger partial charge in [0.25, 0.3) is 0 Å². The van der Waals surface area contributed by atoms with Crippen LogP contribution in [0.1, 0.15) is 0 Å². The SMILES string of the molecule is NS(=O)(=O)c1ccc(Oc2cccc3cccnc23)nc1. The summed E-state index contributed by atoms with van der Waals surface area (Å²) in [5, 5.41) is 5.96. The van der Waals surface area contributed by atoms with Crippen molar-refractivity contribution in [3.63, 3.8) is 0 Å². The number of fused-ring (bicyclic) bond motifs is 1. The van der Waals surface area contributed by atoms with Crippen molar-refractivity contribution in [3.8, 4) is 11.6 Å². The summed E-state index contributed by atoms with van der Waals surface area (Å²) in [6.07, 6.45) is 2.83. The first-order chi connectivity index (χ1) is 10.0. The first kappa shape index (κ1) is 13.5. The minimum atomic E-state index is -3.76. The number of hydrogen-bond donors (Lipinski definition) is 1. The average Bonchev–Trinajstić information content (AvgIpc) is 2.47. The molecule has 0 fully saturated rings. The molecule has 0 unspecified atom stereocenters. The van der Waals surface area contributed by atoms with Gasteiger partial charge in [0.2, 0.25) is 15.9 Å². The molecule has 0 saturated heterocycles. The fraction of sp³-hybridized carbons (Fsp3) is 0. The Morgan fingerprint density at radius 1 is 1.00 bits per heavy atom. The number of ether oxygens (including phenoxy) is 1. The number of nitrogens with zero attached hydrogens (tertiary/aromatic N) is 2. The van der Waals surface area contributed by atoms with Gasteiger partial charge in [-0.15, -0.1) is 0 Å². The normalized spacial score (nSPS) is 11.5. The number of para-hydroxylation sites is 1. The van der Waals surface area contributed by atoms with E-state index in [1.165, 1.54) is 12.1 Å². The lowest BCUT2D eigenvalue weighted by molar-refractivity contribution is 0.466. The van der Waals surface area contributed by atoms with Gasteiger partial charge in [-0.25, -0.2) is 18.5 Å². The monoisotopic (exact) mass is 301 g/mol. The number of nitrogens with two attached hydrogens (primary N) is 1. The average molecular weight is 301 g/mol. The summed E-state index contributed by atoms with van der Waals surface area (Å²) in [6, 6.07) is 12.1. The van der Waals surface area contributed by atoms with E-state index in [0.717, 1.165) is 11.6 Å². The first-order valence-corrected chi connectivity index (χ1v) is 7.59. The van der Waals surface area contributed by atoms with E-state index >= 15 is 0 Å². The standard InChI is InChI=1S/C14H11N3O3S/c15-21(18,19)11-6-7-13(17-9-11)20-12-5-1-3-10-4-2-8-16-14(10)12/h1-9H,(H2,15,18,19). The molecule has 0 radical (unpaired) electrons. The number of pyridine rings is 2. The molecular formula is C14H11N3O3S. The topological polar surface area (TPSA) is 95.2 Å². The molecule has 0 amide bonds. The van der Waals surface area contributed by atoms with Crippen LogP contribution in [0.3, 0.4) is 0 Å². The summed E-state index contributed by atoms with van der Waals surface area (Å²) in [4.78, 5) is 8.14. The summed E-state index contributed by atoms with van der Waals surface area (Å²) in [5.41, 5.74) is 0.706. The van der Waals surface area contributed by atoms with Gasteiger partial charge < -0.3 is 4.74 Å². The molecule has 0 bridgehead atoms. The van der Waals surface area contributed by atoms with E-state index in [4.69, 9.17) is 9.88 Å². The molecule has 2 N–H and O–H groups in total. The summed E-state index contributed by atoms with van der Waals surface area (Å²) in [5.74, 6) is 0.810. The maximum atomic E-state index is 11.2. The van der Waals surface area contributed by atoms with Crippen molar-refractivity contribution in [2.45, 2.75) is 4.90 Å². The van der Waals surface area contributed by atoms with Crippen molar-refractivity contribution in [2.75, 3.05) is 0 Å². The Labute approximate surface area is 121 Å². The molecule has 0 aliphatic carbocycles. The van der Waals surface area contributed by atoms with E-state index in [9.17, 15) is 8.42 Å². The lowest BCUT2D eigenvalue weighted by Crippen LogP contribution is -2.12. The molecule has 0 aliphatic rings. The Hall–Kier alpha value is -2.51. The van der Waals surface area contributed by atoms with Gasteiger partial charge in [0.1, 0.15) is 10.4 Å². The number of primary sulfonamides is 1. The van der Waals surface area contributed by atoms with Crippen LogP contribution in [0, 0.1) is 0 Å². The summed E-state index contributed by atoms with van der Waals surface area (Å²) >= 11 is 0. The zero-order valence-corrected chi connectivity index (χ0v) is 11.6. The van der Waals surface area contributed by atoms with Crippen LogP contribution in [-0.2, 0) is 10.0 Å². The van der Waals surface area contributed by atoms with E-state index in [0.29, 0.717) is 11.3 Å². The molecular weight excluding hydrogens is 290 g/mol. The fourth-order valence-corrected chi connectivity index (χ4v) is 2.32. The molecule has 3 rings (SSSR count). The Balaban J connectivity index is 1.96. The molecule has 1 aromatic carbocycles. The van der Waals surface area contributed by atoms with Gasteiger partial charge in [-0.1, -0.05) is 18.2 Å². The molecule has 7 heteroatoms. The number of sulfonamides is 1. The molecule has 2 heterocycles. The van der Waals surface area contributed by atoms with E-state index < -0.39 is 10.0 Å². The number of hydrogen-bond acceptors (Lipinski definition) is 5. The Morgan fingerprint density at radius 2 is 1.81 bits per heavy atom. The van der Waals surface area contributed by atoms with Gasteiger partial charge in [0.05, 0.1) is 6.20 Å². The lowest BCUT2D eigenvalue weighted by Gasteiger charge is -2.07. The van der Waals surface area contributed by atoms with Crippen LogP contribution >= 0.6 is 0 Å². The Bertz CT molecular complexity index is 887. The Morgan fingerprint density at radius 3 is 2.52 bits per heavy atom. The maximum absolute atomic E-state index is 11.2. The quantitative estimate of drug-likeness (QED) is 0.799. The molecule has 106 valence electrons. The molecule has 6 nitrogen and oxygen atoms in total. The minimum absolute atomic E-state index is 0.0640. The van der Waals surface area contributed by atoms with Gasteiger partial charge in [0, 0.05) is 17.6 Å². The van der Waals surface area contributed by atoms with Crippen molar-refractivity contribution in [1.29, 1.82) is 0 Å². The van der Waals surface area contributed by atoms with Crippen molar-refractivity contribution in [3.05, 3.63) is 54.9 Å². The van der Waals surface area contributed by atoms with Crippen molar-refractivity contribution in [2.24, 2.45) is 5.14 Å². The minimum Gasteiger partial charge on any atom is -0.437 e. The highest BCUT2D eigenvalue weighted by Gasteiger charge is 2.09. The predicted molar refractivity (Wildman–Crippen MR) is 77.4 cm³/mol. The van der Waals surface area contributed by atoms with E-state index in [1.54, 1.807) is 12.3 Å². The van der Waals surface area contributed by atoms with E-state index in [-0.39, 0.29) is 10.8 Å². The van der Waals surface area contributed by atoms with Crippen LogP contribution in [0.25, 0.3) is 10.9 Å². The number of benzene rings is 1. The van der Waals surface area contributed by atoms with E-state index in [2.05, 4.69) is 9.97 Å². The second-order valence-electron chi connectivity index (χ2n) is 4.31. The molecule has 21 heavy (non-hydrogen) atoms. The zero-order chi connectivity index (χ0) is 14.9. The summed E-state index contributed by atoms with van der Waals surface area (Å²) in [6.45, 7) is 0. The smallest absolute Gasteiger partial charge is 0.239 e. The third kappa shape index (κ3) is 2.83. The highest BCUT2D eigenvalue weighted by molar-refractivity contribution is 7.89. The highest BCUT2D eigenvalue weighted by atomic mass is 32.2. The van der Waals surface area contributed by atoms with Crippen LogP contribution < -0.4 is 9.88 Å². The van der Waals surface area contributed by atoms with Crippen molar-refractivity contribution in [1.82, 2.24) is 9.97 Å². The Kier molecular flexibility index (Phi) is 3.28. The molecule has 0 saturated carbocycles. The molecule has 0 aliphatic heterocycles. The van der Waals surface area contributed by atoms with Crippen LogP contribution in [0.5, 0.6) is 11.6 Å². The molecule has 0 spiro atoms. The molecule has 3 aromatic rings. The van der Waals surface area contributed by atoms with Gasteiger partial charge in [-0.3, -0.25) is 4.98 Å². The van der Waals surface area contributed by atoms with Crippen LogP contribution in [-0.4, -0.2) is 18.4 Å². The van der Waals surface area contributed by atoms with Crippen LogP contribution in [0.15, 0.2) is 59.8 Å². The van der Waals surface area contributed by atoms with Crippen molar-refractivity contribution < 1.29 is 13.2 Å². The summed E-state index contributed by atoms with van der Waals surface area (Å²) < 4.78 is 28.0. The highest BCUT2D eigenvalue weighted by Crippen LogP contribution is 2.27. The van der Waals surface area contributed by atoms with E-state index in [1.807, 2.05) is 24.3 Å². The van der Waals surface area contributed by atoms with Gasteiger partial charge in [-0.2, -0.15) is 0 Å². The largest absolute Gasteiger partial charge is 0.437 e. The van der Waals surface area contributed by atoms with Gasteiger partial charge >= 0.3 is 0 Å². The fourth-order valence-electron chi connectivity index (χ4n) is 1.87. The third-order valence-electron chi connectivity index (χ3n) is 2.85. The number of rotatable bonds is 3. The second-order valence-corrected chi connectivity index (χ2v) is 5.87. The second kappa shape index (κ2) is 5.12. The van der Waals surface area contributed by atoms with Crippen molar-refractivity contribution >= 4 is 20.9 Å². The zero-order valence-electron chi connectivity index (χ0n) is 10.8. The van der Waals surface area contributed by atoms with Crippen LogP contribution in [0.2, 0.25) is 0 Å². The lowest BCUT2D eigenvalue weighted by atomic mass is 10.2. The maximum Gasteiger partial charge on any atom is 0.239 e. The van der Waals surface area contributed by atoms with Crippen LogP contribution in [0.4, 0.5) is 0 Å². The molecule has 0 atom stereocenters. The number of aromatic nitrogens is 2. The van der Waals surface area contributed by atoms with Gasteiger partial charge in [-0.05, 0) is 18.2 Å². The van der Waals surface area contributed by atoms with Gasteiger partial charge in [0.15, 0.2) is 5.75 Å². The predicted octanol–water partition coefficient (Wildman–Crippen LogP) is 2.07. The third-order valence-corrected chi connectivity index (χ3v) is 3.75.